The predicted octanol–water partition coefficient (Wildman–Crippen LogP) is 3.39. The van der Waals surface area contributed by atoms with Gasteiger partial charge in [0.2, 0.25) is 0 Å². The maximum absolute atomic E-state index is 11.8. The molecule has 0 amide bonds. The molecule has 0 atom stereocenters. The van der Waals surface area contributed by atoms with Gasteiger partial charge in [0, 0.05) is 19.4 Å². The summed E-state index contributed by atoms with van der Waals surface area (Å²) in [7, 11) is 0. The van der Waals surface area contributed by atoms with E-state index in [1.807, 2.05) is 48.5 Å². The van der Waals surface area contributed by atoms with Crippen LogP contribution in [0.3, 0.4) is 0 Å². The number of fused-ring (bicyclic) bond motifs is 1. The van der Waals surface area contributed by atoms with Gasteiger partial charge in [0.1, 0.15) is 5.75 Å². The summed E-state index contributed by atoms with van der Waals surface area (Å²) in [4.78, 5) is 23.6. The molecule has 0 radical (unpaired) electrons. The minimum atomic E-state index is -0.405. The Bertz CT molecular complexity index is 897. The summed E-state index contributed by atoms with van der Waals surface area (Å²) in [5.74, 6) is 0.125. The summed E-state index contributed by atoms with van der Waals surface area (Å²) < 4.78 is 17.4. The Labute approximate surface area is 150 Å². The number of para-hydroxylation sites is 3. The molecule has 0 spiro atoms. The molecule has 6 nitrogen and oxygen atoms in total. The highest BCUT2D eigenvalue weighted by atomic mass is 16.5. The molecule has 2 aromatic carbocycles. The van der Waals surface area contributed by atoms with Crippen LogP contribution < -0.4 is 10.5 Å². The molecule has 0 N–H and O–H groups in total. The fourth-order valence-electron chi connectivity index (χ4n) is 2.63. The van der Waals surface area contributed by atoms with E-state index in [2.05, 4.69) is 0 Å². The van der Waals surface area contributed by atoms with E-state index in [9.17, 15) is 9.59 Å². The standard InChI is InChI=1S/C20H21NO5/c22-19(25-15-7-14-24-16-8-2-1-3-9-16)12-6-13-21-17-10-4-5-11-18(17)26-20(21)23/h1-5,8-11H,6-7,12-15H2. The summed E-state index contributed by atoms with van der Waals surface area (Å²) in [6.07, 6.45) is 1.40. The molecule has 26 heavy (non-hydrogen) atoms. The molecule has 1 aromatic heterocycles. The van der Waals surface area contributed by atoms with E-state index in [0.717, 1.165) is 11.3 Å². The molecular weight excluding hydrogens is 334 g/mol. The second-order valence-electron chi connectivity index (χ2n) is 5.83. The van der Waals surface area contributed by atoms with Crippen LogP contribution in [0.5, 0.6) is 5.75 Å². The van der Waals surface area contributed by atoms with E-state index in [1.54, 1.807) is 6.07 Å². The molecule has 0 saturated heterocycles. The van der Waals surface area contributed by atoms with Crippen molar-refractivity contribution in [2.24, 2.45) is 0 Å². The number of esters is 1. The number of hydrogen-bond acceptors (Lipinski definition) is 5. The van der Waals surface area contributed by atoms with Crippen molar-refractivity contribution in [3.63, 3.8) is 0 Å². The average molecular weight is 355 g/mol. The molecule has 1 heterocycles. The van der Waals surface area contributed by atoms with Crippen LogP contribution in [0, 0.1) is 0 Å². The predicted molar refractivity (Wildman–Crippen MR) is 97.2 cm³/mol. The number of aryl methyl sites for hydroxylation is 1. The third-order valence-corrected chi connectivity index (χ3v) is 3.90. The lowest BCUT2D eigenvalue weighted by Crippen LogP contribution is -2.15. The molecule has 0 fully saturated rings. The van der Waals surface area contributed by atoms with Crippen molar-refractivity contribution < 1.29 is 18.7 Å². The lowest BCUT2D eigenvalue weighted by Gasteiger charge is -2.07. The Balaban J connectivity index is 1.34. The van der Waals surface area contributed by atoms with Gasteiger partial charge in [0.05, 0.1) is 18.7 Å². The van der Waals surface area contributed by atoms with E-state index < -0.39 is 5.76 Å². The number of oxazole rings is 1. The number of carbonyl (C=O) groups is 1. The number of hydrogen-bond donors (Lipinski definition) is 0. The zero-order chi connectivity index (χ0) is 18.2. The fraction of sp³-hybridized carbons (Fsp3) is 0.300. The molecule has 0 aliphatic carbocycles. The maximum atomic E-state index is 11.8. The minimum absolute atomic E-state index is 0.255. The topological polar surface area (TPSA) is 70.7 Å². The quantitative estimate of drug-likeness (QED) is 0.435. The van der Waals surface area contributed by atoms with Gasteiger partial charge in [0.25, 0.3) is 0 Å². The average Bonchev–Trinajstić information content (AvgIpc) is 2.98. The van der Waals surface area contributed by atoms with Crippen molar-refractivity contribution in [1.82, 2.24) is 4.57 Å². The van der Waals surface area contributed by atoms with Crippen LogP contribution in [0.15, 0.2) is 63.8 Å². The zero-order valence-electron chi connectivity index (χ0n) is 14.4. The van der Waals surface area contributed by atoms with Crippen LogP contribution in [0.4, 0.5) is 0 Å². The number of aromatic nitrogens is 1. The van der Waals surface area contributed by atoms with Crippen molar-refractivity contribution in [1.29, 1.82) is 0 Å². The summed E-state index contributed by atoms with van der Waals surface area (Å²) >= 11 is 0. The summed E-state index contributed by atoms with van der Waals surface area (Å²) in [5, 5.41) is 0. The van der Waals surface area contributed by atoms with Crippen LogP contribution in [-0.2, 0) is 16.1 Å². The largest absolute Gasteiger partial charge is 0.493 e. The molecular formula is C20H21NO5. The highest BCUT2D eigenvalue weighted by Gasteiger charge is 2.09. The van der Waals surface area contributed by atoms with E-state index in [-0.39, 0.29) is 12.4 Å². The van der Waals surface area contributed by atoms with Crippen LogP contribution in [0.1, 0.15) is 19.3 Å². The first-order chi connectivity index (χ1) is 12.7. The van der Waals surface area contributed by atoms with Crippen LogP contribution in [0.25, 0.3) is 11.1 Å². The van der Waals surface area contributed by atoms with E-state index in [0.29, 0.717) is 38.2 Å². The number of rotatable bonds is 9. The van der Waals surface area contributed by atoms with Gasteiger partial charge in [-0.2, -0.15) is 0 Å². The van der Waals surface area contributed by atoms with Crippen molar-refractivity contribution in [3.05, 3.63) is 65.1 Å². The van der Waals surface area contributed by atoms with Crippen LogP contribution in [0.2, 0.25) is 0 Å². The number of benzene rings is 2. The Kier molecular flexibility index (Phi) is 6.09. The number of carbonyl (C=O) groups excluding carboxylic acids is 1. The molecule has 136 valence electrons. The Morgan fingerprint density at radius 3 is 2.58 bits per heavy atom. The van der Waals surface area contributed by atoms with Crippen molar-refractivity contribution in [3.8, 4) is 5.75 Å². The second kappa shape index (κ2) is 8.89. The Morgan fingerprint density at radius 2 is 1.73 bits per heavy atom. The van der Waals surface area contributed by atoms with Gasteiger partial charge >= 0.3 is 11.7 Å². The van der Waals surface area contributed by atoms with E-state index >= 15 is 0 Å². The molecule has 0 bridgehead atoms. The highest BCUT2D eigenvalue weighted by Crippen LogP contribution is 2.12. The molecule has 3 rings (SSSR count). The number of nitrogens with zero attached hydrogens (tertiary/aromatic N) is 1. The SMILES string of the molecule is O=C(CCCn1c(=O)oc2ccccc21)OCCCOc1ccccc1. The fourth-order valence-corrected chi connectivity index (χ4v) is 2.63. The second-order valence-corrected chi connectivity index (χ2v) is 5.83. The van der Waals surface area contributed by atoms with Gasteiger partial charge in [0.15, 0.2) is 5.58 Å². The minimum Gasteiger partial charge on any atom is -0.493 e. The Morgan fingerprint density at radius 1 is 0.962 bits per heavy atom. The smallest absolute Gasteiger partial charge is 0.419 e. The first-order valence-corrected chi connectivity index (χ1v) is 8.66. The van der Waals surface area contributed by atoms with Gasteiger partial charge in [-0.3, -0.25) is 9.36 Å². The summed E-state index contributed by atoms with van der Waals surface area (Å²) in [6.45, 7) is 1.23. The van der Waals surface area contributed by atoms with Crippen LogP contribution >= 0.6 is 0 Å². The molecule has 0 aliphatic heterocycles. The summed E-state index contributed by atoms with van der Waals surface area (Å²) in [5.41, 5.74) is 1.29. The monoisotopic (exact) mass is 355 g/mol. The number of ether oxygens (including phenoxy) is 2. The van der Waals surface area contributed by atoms with Crippen LogP contribution in [-0.4, -0.2) is 23.8 Å². The van der Waals surface area contributed by atoms with Gasteiger partial charge in [-0.25, -0.2) is 4.79 Å². The third kappa shape index (κ3) is 4.75. The normalized spacial score (nSPS) is 10.8. The zero-order valence-corrected chi connectivity index (χ0v) is 14.4. The van der Waals surface area contributed by atoms with Gasteiger partial charge in [-0.1, -0.05) is 30.3 Å². The lowest BCUT2D eigenvalue weighted by molar-refractivity contribution is -0.144. The highest BCUT2D eigenvalue weighted by molar-refractivity contribution is 5.72. The molecule has 6 heteroatoms. The maximum Gasteiger partial charge on any atom is 0.419 e. The van der Waals surface area contributed by atoms with Gasteiger partial charge < -0.3 is 13.9 Å². The Hall–Kier alpha value is -3.02. The van der Waals surface area contributed by atoms with E-state index in [4.69, 9.17) is 13.9 Å². The first kappa shape index (κ1) is 17.8. The first-order valence-electron chi connectivity index (χ1n) is 8.66. The molecule has 0 unspecified atom stereocenters. The molecule has 0 aliphatic rings. The lowest BCUT2D eigenvalue weighted by atomic mass is 10.3. The third-order valence-electron chi connectivity index (χ3n) is 3.90. The molecule has 3 aromatic rings. The van der Waals surface area contributed by atoms with Gasteiger partial charge in [-0.15, -0.1) is 0 Å². The summed E-state index contributed by atoms with van der Waals surface area (Å²) in [6, 6.07) is 16.7. The van der Waals surface area contributed by atoms with Crippen molar-refractivity contribution >= 4 is 17.1 Å². The van der Waals surface area contributed by atoms with Gasteiger partial charge in [-0.05, 0) is 30.7 Å². The van der Waals surface area contributed by atoms with Crippen molar-refractivity contribution in [2.45, 2.75) is 25.8 Å². The molecule has 0 saturated carbocycles. The van der Waals surface area contributed by atoms with Crippen molar-refractivity contribution in [2.75, 3.05) is 13.2 Å². The van der Waals surface area contributed by atoms with E-state index in [1.165, 1.54) is 4.57 Å².